The quantitative estimate of drug-likeness (QED) is 0.686. The number of anilines is 1. The Balaban J connectivity index is 0.000000399. The van der Waals surface area contributed by atoms with Crippen molar-refractivity contribution in [3.63, 3.8) is 0 Å². The summed E-state index contributed by atoms with van der Waals surface area (Å²) in [6, 6.07) is 2.01. The van der Waals surface area contributed by atoms with Crippen LogP contribution in [0.15, 0.2) is 15.3 Å². The van der Waals surface area contributed by atoms with Crippen LogP contribution in [0.4, 0.5) is 5.95 Å². The first-order valence-corrected chi connectivity index (χ1v) is 8.82. The van der Waals surface area contributed by atoms with E-state index in [1.54, 1.807) is 6.07 Å². The van der Waals surface area contributed by atoms with Crippen LogP contribution in [0.2, 0.25) is 0 Å². The van der Waals surface area contributed by atoms with E-state index in [-0.39, 0.29) is 17.5 Å². The Morgan fingerprint density at radius 2 is 1.96 bits per heavy atom. The molecule has 2 heterocycles. The summed E-state index contributed by atoms with van der Waals surface area (Å²) in [6.07, 6.45) is 5.60. The standard InChI is InChI=1S/C14H17BrN4O.C2H4O3/c1-8-10-7-11(15)13(20)19(9-5-3-2-4-6-9)12(10)18-14(16)17-8;3-1-2(4)5/h7,9H,2-6H2,1H3,(H2,16,17,18);3H,1H2,(H,4,5). The number of hydrogen-bond acceptors (Lipinski definition) is 6. The molecular formula is C16H21BrN4O4. The number of aryl methyl sites for hydroxylation is 1. The number of aliphatic carboxylic acids is 1. The molecule has 1 aliphatic carbocycles. The molecule has 1 saturated carbocycles. The van der Waals surface area contributed by atoms with E-state index in [9.17, 15) is 4.79 Å². The Morgan fingerprint density at radius 3 is 2.52 bits per heavy atom. The van der Waals surface area contributed by atoms with Crippen LogP contribution < -0.4 is 11.3 Å². The predicted octanol–water partition coefficient (Wildman–Crippen LogP) is 2.01. The summed E-state index contributed by atoms with van der Waals surface area (Å²) in [5.74, 6) is -0.966. The lowest BCUT2D eigenvalue weighted by Crippen LogP contribution is -2.28. The van der Waals surface area contributed by atoms with E-state index in [0.29, 0.717) is 10.1 Å². The molecule has 2 aromatic rings. The highest BCUT2D eigenvalue weighted by molar-refractivity contribution is 9.10. The van der Waals surface area contributed by atoms with Gasteiger partial charge in [0.1, 0.15) is 12.3 Å². The highest BCUT2D eigenvalue weighted by Gasteiger charge is 2.21. The van der Waals surface area contributed by atoms with Crippen LogP contribution in [0.3, 0.4) is 0 Å². The van der Waals surface area contributed by atoms with Crippen LogP contribution in [-0.4, -0.2) is 37.3 Å². The van der Waals surface area contributed by atoms with Gasteiger partial charge in [-0.25, -0.2) is 9.78 Å². The molecule has 2 aromatic heterocycles. The third-order valence-corrected chi connectivity index (χ3v) is 4.70. The van der Waals surface area contributed by atoms with Gasteiger partial charge in [0.2, 0.25) is 5.95 Å². The van der Waals surface area contributed by atoms with E-state index < -0.39 is 12.6 Å². The lowest BCUT2D eigenvalue weighted by atomic mass is 9.95. The number of carboxylic acids is 1. The molecule has 0 amide bonds. The summed E-state index contributed by atoms with van der Waals surface area (Å²) >= 11 is 3.37. The maximum atomic E-state index is 12.5. The van der Waals surface area contributed by atoms with Gasteiger partial charge in [-0.3, -0.25) is 9.36 Å². The minimum absolute atomic E-state index is 0.0260. The van der Waals surface area contributed by atoms with Gasteiger partial charge < -0.3 is 15.9 Å². The first-order valence-electron chi connectivity index (χ1n) is 8.02. The maximum absolute atomic E-state index is 12.5. The van der Waals surface area contributed by atoms with Gasteiger partial charge >= 0.3 is 5.97 Å². The smallest absolute Gasteiger partial charge is 0.329 e. The third-order valence-electron chi connectivity index (χ3n) is 4.13. The molecule has 9 heteroatoms. The number of nitrogens with zero attached hydrogens (tertiary/aromatic N) is 3. The normalized spacial score (nSPS) is 14.8. The van der Waals surface area contributed by atoms with Crippen LogP contribution in [-0.2, 0) is 4.79 Å². The van der Waals surface area contributed by atoms with Gasteiger partial charge in [-0.15, -0.1) is 0 Å². The Morgan fingerprint density at radius 1 is 1.36 bits per heavy atom. The fourth-order valence-corrected chi connectivity index (χ4v) is 3.44. The average Bonchev–Trinajstić information content (AvgIpc) is 2.58. The molecule has 1 aliphatic rings. The fraction of sp³-hybridized carbons (Fsp3) is 0.500. The summed E-state index contributed by atoms with van der Waals surface area (Å²) in [5.41, 5.74) is 7.20. The molecule has 0 aromatic carbocycles. The van der Waals surface area contributed by atoms with Crippen molar-refractivity contribution < 1.29 is 15.0 Å². The first-order chi connectivity index (χ1) is 11.8. The second-order valence-corrected chi connectivity index (χ2v) is 6.77. The Hall–Kier alpha value is -2.00. The lowest BCUT2D eigenvalue weighted by Gasteiger charge is -2.25. The van der Waals surface area contributed by atoms with Crippen molar-refractivity contribution in [1.29, 1.82) is 0 Å². The molecule has 136 valence electrons. The second kappa shape index (κ2) is 8.39. The molecule has 4 N–H and O–H groups in total. The van der Waals surface area contributed by atoms with Crippen molar-refractivity contribution in [1.82, 2.24) is 14.5 Å². The molecule has 0 unspecified atom stereocenters. The number of carboxylic acid groups (broad SMARTS) is 1. The number of fused-ring (bicyclic) bond motifs is 1. The summed E-state index contributed by atoms with van der Waals surface area (Å²) in [6.45, 7) is 1.11. The van der Waals surface area contributed by atoms with Gasteiger partial charge in [0.15, 0.2) is 0 Å². The monoisotopic (exact) mass is 412 g/mol. The van der Waals surface area contributed by atoms with Crippen LogP contribution in [0.1, 0.15) is 43.8 Å². The van der Waals surface area contributed by atoms with Crippen molar-refractivity contribution in [3.05, 3.63) is 26.6 Å². The molecule has 0 spiro atoms. The van der Waals surface area contributed by atoms with Gasteiger partial charge in [0.05, 0.1) is 10.2 Å². The summed E-state index contributed by atoms with van der Waals surface area (Å²) in [4.78, 5) is 30.1. The molecular weight excluding hydrogens is 392 g/mol. The van der Waals surface area contributed by atoms with Crippen LogP contribution in [0, 0.1) is 6.92 Å². The molecule has 0 aliphatic heterocycles. The van der Waals surface area contributed by atoms with E-state index in [1.807, 2.05) is 11.5 Å². The second-order valence-electron chi connectivity index (χ2n) is 5.92. The summed E-state index contributed by atoms with van der Waals surface area (Å²) in [7, 11) is 0. The highest BCUT2D eigenvalue weighted by Crippen LogP contribution is 2.30. The molecule has 0 radical (unpaired) electrons. The van der Waals surface area contributed by atoms with Crippen molar-refractivity contribution in [2.24, 2.45) is 0 Å². The Bertz CT molecular complexity index is 831. The summed E-state index contributed by atoms with van der Waals surface area (Å²) in [5, 5.41) is 15.9. The lowest BCUT2D eigenvalue weighted by molar-refractivity contribution is -0.140. The van der Waals surface area contributed by atoms with Crippen LogP contribution >= 0.6 is 15.9 Å². The van der Waals surface area contributed by atoms with Crippen LogP contribution in [0.5, 0.6) is 0 Å². The molecule has 0 atom stereocenters. The number of aromatic nitrogens is 3. The molecule has 3 rings (SSSR count). The highest BCUT2D eigenvalue weighted by atomic mass is 79.9. The van der Waals surface area contributed by atoms with Crippen molar-refractivity contribution in [2.45, 2.75) is 45.1 Å². The number of nitrogens with two attached hydrogens (primary N) is 1. The van der Waals surface area contributed by atoms with Gasteiger partial charge in [0.25, 0.3) is 5.56 Å². The number of aliphatic hydroxyl groups is 1. The minimum atomic E-state index is -1.19. The Labute approximate surface area is 152 Å². The first kappa shape index (κ1) is 19.3. The van der Waals surface area contributed by atoms with Crippen molar-refractivity contribution >= 4 is 38.9 Å². The van der Waals surface area contributed by atoms with E-state index in [4.69, 9.17) is 20.7 Å². The largest absolute Gasteiger partial charge is 0.480 e. The number of nitrogen functional groups attached to an aromatic ring is 1. The fourth-order valence-electron chi connectivity index (χ4n) is 3.02. The van der Waals surface area contributed by atoms with Gasteiger partial charge in [0, 0.05) is 11.4 Å². The summed E-state index contributed by atoms with van der Waals surface area (Å²) < 4.78 is 2.37. The number of aliphatic hydroxyl groups excluding tert-OH is 1. The van der Waals surface area contributed by atoms with Gasteiger partial charge in [-0.05, 0) is 41.8 Å². The van der Waals surface area contributed by atoms with Crippen molar-refractivity contribution in [3.8, 4) is 0 Å². The SMILES string of the molecule is Cc1nc(N)nc2c1cc(Br)c(=O)n2C1CCCCC1.O=C(O)CO. The average molecular weight is 413 g/mol. The molecule has 0 saturated heterocycles. The van der Waals surface area contributed by atoms with Gasteiger partial charge in [-0.1, -0.05) is 19.3 Å². The van der Waals surface area contributed by atoms with E-state index in [2.05, 4.69) is 25.9 Å². The number of carbonyl (C=O) groups is 1. The number of pyridine rings is 1. The topological polar surface area (TPSA) is 131 Å². The maximum Gasteiger partial charge on any atom is 0.329 e. The van der Waals surface area contributed by atoms with E-state index in [0.717, 1.165) is 36.8 Å². The third kappa shape index (κ3) is 4.55. The van der Waals surface area contributed by atoms with Crippen molar-refractivity contribution in [2.75, 3.05) is 12.3 Å². The predicted molar refractivity (Wildman–Crippen MR) is 97.5 cm³/mol. The zero-order chi connectivity index (χ0) is 18.6. The minimum Gasteiger partial charge on any atom is -0.480 e. The Kier molecular flexibility index (Phi) is 6.49. The zero-order valence-electron chi connectivity index (χ0n) is 13.9. The van der Waals surface area contributed by atoms with Crippen LogP contribution in [0.25, 0.3) is 11.0 Å². The number of rotatable bonds is 2. The zero-order valence-corrected chi connectivity index (χ0v) is 15.5. The number of halogens is 1. The molecule has 8 nitrogen and oxygen atoms in total. The molecule has 0 bridgehead atoms. The van der Waals surface area contributed by atoms with E-state index >= 15 is 0 Å². The molecule has 25 heavy (non-hydrogen) atoms. The molecule has 1 fully saturated rings. The van der Waals surface area contributed by atoms with E-state index in [1.165, 1.54) is 6.42 Å². The number of hydrogen-bond donors (Lipinski definition) is 3. The van der Waals surface area contributed by atoms with Gasteiger partial charge in [-0.2, -0.15) is 4.98 Å².